The number of nitrogens with zero attached hydrogens (tertiary/aromatic N) is 2. The molecule has 0 radical (unpaired) electrons. The number of H-pyrrole nitrogens is 1. The zero-order valence-corrected chi connectivity index (χ0v) is 13.2. The van der Waals surface area contributed by atoms with E-state index in [1.54, 1.807) is 0 Å². The number of aryl methyl sites for hydroxylation is 1. The molecule has 1 aliphatic heterocycles. The Morgan fingerprint density at radius 3 is 2.67 bits per heavy atom. The van der Waals surface area contributed by atoms with Gasteiger partial charge in [0.1, 0.15) is 0 Å². The number of hydrogen-bond donors (Lipinski definition) is 1. The molecule has 0 spiro atoms. The lowest BCUT2D eigenvalue weighted by Crippen LogP contribution is -2.39. The summed E-state index contributed by atoms with van der Waals surface area (Å²) in [6, 6.07) is 6.69. The van der Waals surface area contributed by atoms with Gasteiger partial charge in [0.05, 0.1) is 11.0 Å². The maximum Gasteiger partial charge on any atom is 0.326 e. The smallest absolute Gasteiger partial charge is 0.306 e. The van der Waals surface area contributed by atoms with Crippen LogP contribution in [0.4, 0.5) is 0 Å². The van der Waals surface area contributed by atoms with Crippen LogP contribution in [0.1, 0.15) is 32.3 Å². The number of likely N-dealkylation sites (tertiary alicyclic amines) is 1. The van der Waals surface area contributed by atoms with Crippen LogP contribution in [0.5, 0.6) is 0 Å². The first-order chi connectivity index (χ1) is 10.1. The molecule has 1 fully saturated rings. The average Bonchev–Trinajstić information content (AvgIpc) is 2.77. The summed E-state index contributed by atoms with van der Waals surface area (Å²) < 4.78 is 1.94. The lowest BCUT2D eigenvalue weighted by molar-refractivity contribution is 0.142. The van der Waals surface area contributed by atoms with E-state index in [4.69, 9.17) is 0 Å². The van der Waals surface area contributed by atoms with E-state index in [9.17, 15) is 4.79 Å². The molecule has 1 saturated heterocycles. The summed E-state index contributed by atoms with van der Waals surface area (Å²) in [4.78, 5) is 17.7. The van der Waals surface area contributed by atoms with Crippen molar-refractivity contribution in [1.82, 2.24) is 14.5 Å². The summed E-state index contributed by atoms with van der Waals surface area (Å²) in [5.74, 6) is 0.608. The SMILES string of the molecule is Cc1cccc2[nH]c(=O)n(CC3CCN(C(C)C)CC3)c12. The van der Waals surface area contributed by atoms with Crippen molar-refractivity contribution in [2.24, 2.45) is 5.92 Å². The molecule has 0 saturated carbocycles. The molecule has 2 heterocycles. The second kappa shape index (κ2) is 5.68. The van der Waals surface area contributed by atoms with Gasteiger partial charge in [-0.3, -0.25) is 4.57 Å². The van der Waals surface area contributed by atoms with Crippen LogP contribution in [0.15, 0.2) is 23.0 Å². The monoisotopic (exact) mass is 287 g/mol. The third-order valence-corrected chi connectivity index (χ3v) is 4.81. The molecular weight excluding hydrogens is 262 g/mol. The standard InChI is InChI=1S/C17H25N3O/c1-12(2)19-9-7-14(8-10-19)11-20-16-13(3)5-4-6-15(16)18-17(20)21/h4-6,12,14H,7-11H2,1-3H3,(H,18,21). The number of para-hydroxylation sites is 1. The highest BCUT2D eigenvalue weighted by atomic mass is 16.1. The molecule has 0 unspecified atom stereocenters. The highest BCUT2D eigenvalue weighted by Crippen LogP contribution is 2.22. The largest absolute Gasteiger partial charge is 0.326 e. The number of fused-ring (bicyclic) bond motifs is 1. The highest BCUT2D eigenvalue weighted by Gasteiger charge is 2.22. The number of benzene rings is 1. The van der Waals surface area contributed by atoms with Crippen LogP contribution in [0.2, 0.25) is 0 Å². The maximum atomic E-state index is 12.2. The molecule has 3 rings (SSSR count). The van der Waals surface area contributed by atoms with Crippen LogP contribution in [-0.2, 0) is 6.54 Å². The van der Waals surface area contributed by atoms with E-state index < -0.39 is 0 Å². The predicted molar refractivity (Wildman–Crippen MR) is 86.7 cm³/mol. The quantitative estimate of drug-likeness (QED) is 0.943. The fourth-order valence-electron chi connectivity index (χ4n) is 3.49. The molecule has 4 heteroatoms. The van der Waals surface area contributed by atoms with Gasteiger partial charge in [-0.1, -0.05) is 12.1 Å². The van der Waals surface area contributed by atoms with E-state index in [2.05, 4.69) is 36.7 Å². The number of hydrogen-bond acceptors (Lipinski definition) is 2. The van der Waals surface area contributed by atoms with Crippen molar-refractivity contribution in [1.29, 1.82) is 0 Å². The Morgan fingerprint density at radius 2 is 2.00 bits per heavy atom. The minimum atomic E-state index is 0.0330. The van der Waals surface area contributed by atoms with Crippen molar-refractivity contribution in [3.8, 4) is 0 Å². The van der Waals surface area contributed by atoms with Gasteiger partial charge >= 0.3 is 5.69 Å². The van der Waals surface area contributed by atoms with Gasteiger partial charge in [0.15, 0.2) is 0 Å². The predicted octanol–water partition coefficient (Wildman–Crippen LogP) is 2.76. The number of aromatic amines is 1. The Bertz CT molecular complexity index is 675. The van der Waals surface area contributed by atoms with Crippen LogP contribution in [0, 0.1) is 12.8 Å². The van der Waals surface area contributed by atoms with Crippen molar-refractivity contribution in [2.45, 2.75) is 46.2 Å². The van der Waals surface area contributed by atoms with Gasteiger partial charge in [0.25, 0.3) is 0 Å². The van der Waals surface area contributed by atoms with Gasteiger partial charge in [-0.05, 0) is 64.3 Å². The van der Waals surface area contributed by atoms with E-state index in [0.29, 0.717) is 12.0 Å². The summed E-state index contributed by atoms with van der Waals surface area (Å²) in [6.45, 7) is 9.74. The minimum Gasteiger partial charge on any atom is -0.306 e. The number of imidazole rings is 1. The zero-order valence-electron chi connectivity index (χ0n) is 13.2. The normalized spacial score (nSPS) is 17.9. The van der Waals surface area contributed by atoms with Crippen LogP contribution in [0.25, 0.3) is 11.0 Å². The maximum absolute atomic E-state index is 12.2. The Hall–Kier alpha value is -1.55. The van der Waals surface area contributed by atoms with E-state index in [0.717, 1.165) is 30.7 Å². The molecule has 0 amide bonds. The molecule has 1 aromatic heterocycles. The fourth-order valence-corrected chi connectivity index (χ4v) is 3.49. The molecule has 21 heavy (non-hydrogen) atoms. The van der Waals surface area contributed by atoms with Gasteiger partial charge in [-0.2, -0.15) is 0 Å². The number of aromatic nitrogens is 2. The summed E-state index contributed by atoms with van der Waals surface area (Å²) in [7, 11) is 0. The summed E-state index contributed by atoms with van der Waals surface area (Å²) in [5.41, 5.74) is 3.24. The Balaban J connectivity index is 1.80. The molecule has 1 aromatic carbocycles. The van der Waals surface area contributed by atoms with Gasteiger partial charge in [0.2, 0.25) is 0 Å². The van der Waals surface area contributed by atoms with E-state index in [1.807, 2.05) is 16.7 Å². The van der Waals surface area contributed by atoms with Crippen molar-refractivity contribution in [2.75, 3.05) is 13.1 Å². The van der Waals surface area contributed by atoms with E-state index >= 15 is 0 Å². The summed E-state index contributed by atoms with van der Waals surface area (Å²) in [5, 5.41) is 0. The molecule has 0 atom stereocenters. The molecular formula is C17H25N3O. The first kappa shape index (κ1) is 14.4. The minimum absolute atomic E-state index is 0.0330. The lowest BCUT2D eigenvalue weighted by Gasteiger charge is -2.34. The molecule has 4 nitrogen and oxygen atoms in total. The van der Waals surface area contributed by atoms with Crippen molar-refractivity contribution < 1.29 is 0 Å². The molecule has 0 bridgehead atoms. The van der Waals surface area contributed by atoms with Crippen molar-refractivity contribution >= 4 is 11.0 Å². The summed E-state index contributed by atoms with van der Waals surface area (Å²) >= 11 is 0. The Morgan fingerprint density at radius 1 is 1.29 bits per heavy atom. The van der Waals surface area contributed by atoms with Gasteiger partial charge in [-0.15, -0.1) is 0 Å². The van der Waals surface area contributed by atoms with Crippen LogP contribution in [-0.4, -0.2) is 33.6 Å². The Labute approximate surface area is 125 Å². The molecule has 1 N–H and O–H groups in total. The number of piperidine rings is 1. The summed E-state index contributed by atoms with van der Waals surface area (Å²) in [6.07, 6.45) is 2.37. The molecule has 0 aliphatic carbocycles. The number of rotatable bonds is 3. The van der Waals surface area contributed by atoms with Crippen molar-refractivity contribution in [3.05, 3.63) is 34.2 Å². The topological polar surface area (TPSA) is 41.0 Å². The van der Waals surface area contributed by atoms with Gasteiger partial charge < -0.3 is 9.88 Å². The second-order valence-corrected chi connectivity index (χ2v) is 6.58. The van der Waals surface area contributed by atoms with Gasteiger partial charge in [0, 0.05) is 12.6 Å². The second-order valence-electron chi connectivity index (χ2n) is 6.58. The average molecular weight is 287 g/mol. The van der Waals surface area contributed by atoms with Gasteiger partial charge in [-0.25, -0.2) is 4.79 Å². The van der Waals surface area contributed by atoms with Crippen LogP contribution < -0.4 is 5.69 Å². The number of nitrogens with one attached hydrogen (secondary N) is 1. The highest BCUT2D eigenvalue weighted by molar-refractivity contribution is 5.78. The third-order valence-electron chi connectivity index (χ3n) is 4.81. The third kappa shape index (κ3) is 2.77. The van der Waals surface area contributed by atoms with E-state index in [1.165, 1.54) is 18.4 Å². The lowest BCUT2D eigenvalue weighted by atomic mass is 9.96. The fraction of sp³-hybridized carbons (Fsp3) is 0.588. The van der Waals surface area contributed by atoms with Crippen molar-refractivity contribution in [3.63, 3.8) is 0 Å². The van der Waals surface area contributed by atoms with Crippen LogP contribution >= 0.6 is 0 Å². The molecule has 2 aromatic rings. The van der Waals surface area contributed by atoms with Crippen LogP contribution in [0.3, 0.4) is 0 Å². The van der Waals surface area contributed by atoms with E-state index in [-0.39, 0.29) is 5.69 Å². The Kier molecular flexibility index (Phi) is 3.89. The molecule has 114 valence electrons. The first-order valence-corrected chi connectivity index (χ1v) is 7.98. The zero-order chi connectivity index (χ0) is 15.0. The first-order valence-electron chi connectivity index (χ1n) is 7.98. The molecule has 1 aliphatic rings.